The number of hydrogen-bond acceptors (Lipinski definition) is 4. The Balaban J connectivity index is 1.83. The maximum atomic E-state index is 11.5. The van der Waals surface area contributed by atoms with Gasteiger partial charge in [0.25, 0.3) is 0 Å². The highest BCUT2D eigenvalue weighted by molar-refractivity contribution is 6.31. The molecule has 1 saturated heterocycles. The van der Waals surface area contributed by atoms with Gasteiger partial charge in [0.15, 0.2) is 0 Å². The van der Waals surface area contributed by atoms with Crippen molar-refractivity contribution in [3.05, 3.63) is 34.9 Å². The Hall–Kier alpha value is -1.85. The van der Waals surface area contributed by atoms with E-state index in [0.717, 1.165) is 35.4 Å². The van der Waals surface area contributed by atoms with E-state index in [0.29, 0.717) is 18.1 Å². The fourth-order valence-electron chi connectivity index (χ4n) is 2.80. The standard InChI is InChI=1S/C16H18ClN3O2/c1-11-8-15(18-14-3-2-12(17)9-13(11)14)19-4-6-20(7-5-19)16(22)10-21/h2-3,8-9,21H,4-7,10H2,1H3. The number of aliphatic hydroxyl groups is 1. The van der Waals surface area contributed by atoms with Crippen molar-refractivity contribution in [3.8, 4) is 0 Å². The number of anilines is 1. The highest BCUT2D eigenvalue weighted by Gasteiger charge is 2.21. The maximum Gasteiger partial charge on any atom is 0.248 e. The lowest BCUT2D eigenvalue weighted by atomic mass is 10.1. The number of amides is 1. The van der Waals surface area contributed by atoms with Crippen LogP contribution < -0.4 is 4.90 Å². The number of nitrogens with zero attached hydrogens (tertiary/aromatic N) is 3. The number of benzene rings is 1. The number of carbonyl (C=O) groups is 1. The van der Waals surface area contributed by atoms with E-state index >= 15 is 0 Å². The molecule has 1 aliphatic heterocycles. The molecular formula is C16H18ClN3O2. The van der Waals surface area contributed by atoms with Gasteiger partial charge in [-0.1, -0.05) is 11.6 Å². The molecule has 2 aromatic rings. The molecule has 0 bridgehead atoms. The van der Waals surface area contributed by atoms with Crippen molar-refractivity contribution in [2.24, 2.45) is 0 Å². The third-order valence-electron chi connectivity index (χ3n) is 4.06. The molecule has 5 nitrogen and oxygen atoms in total. The fraction of sp³-hybridized carbons (Fsp3) is 0.375. The average molecular weight is 320 g/mol. The molecule has 22 heavy (non-hydrogen) atoms. The molecule has 116 valence electrons. The molecule has 0 spiro atoms. The topological polar surface area (TPSA) is 56.7 Å². The van der Waals surface area contributed by atoms with Crippen LogP contribution in [0.25, 0.3) is 10.9 Å². The van der Waals surface area contributed by atoms with E-state index in [4.69, 9.17) is 21.7 Å². The zero-order valence-electron chi connectivity index (χ0n) is 12.4. The number of aromatic nitrogens is 1. The summed E-state index contributed by atoms with van der Waals surface area (Å²) in [7, 11) is 0. The van der Waals surface area contributed by atoms with Crippen molar-refractivity contribution in [3.63, 3.8) is 0 Å². The summed E-state index contributed by atoms with van der Waals surface area (Å²) in [6.07, 6.45) is 0. The number of halogens is 1. The molecule has 6 heteroatoms. The van der Waals surface area contributed by atoms with E-state index in [1.165, 1.54) is 0 Å². The van der Waals surface area contributed by atoms with E-state index in [1.807, 2.05) is 18.2 Å². The predicted molar refractivity (Wildman–Crippen MR) is 87.4 cm³/mol. The number of hydrogen-bond donors (Lipinski definition) is 1. The number of fused-ring (bicyclic) bond motifs is 1. The van der Waals surface area contributed by atoms with Gasteiger partial charge in [-0.15, -0.1) is 0 Å². The molecule has 3 rings (SSSR count). The Labute approximate surface area is 134 Å². The first-order valence-corrected chi connectivity index (χ1v) is 7.67. The van der Waals surface area contributed by atoms with Gasteiger partial charge in [0.05, 0.1) is 5.52 Å². The molecule has 0 radical (unpaired) electrons. The van der Waals surface area contributed by atoms with E-state index < -0.39 is 6.61 Å². The van der Waals surface area contributed by atoms with Gasteiger partial charge in [0.2, 0.25) is 5.91 Å². The number of aryl methyl sites for hydroxylation is 1. The monoisotopic (exact) mass is 319 g/mol. The van der Waals surface area contributed by atoms with Gasteiger partial charge in [-0.25, -0.2) is 4.98 Å². The van der Waals surface area contributed by atoms with Gasteiger partial charge in [0.1, 0.15) is 12.4 Å². The minimum absolute atomic E-state index is 0.211. The van der Waals surface area contributed by atoms with Gasteiger partial charge < -0.3 is 14.9 Å². The Bertz CT molecular complexity index is 712. The van der Waals surface area contributed by atoms with Crippen LogP contribution in [0.4, 0.5) is 5.82 Å². The molecule has 0 unspecified atom stereocenters. The number of carbonyl (C=O) groups excluding carboxylic acids is 1. The van der Waals surface area contributed by atoms with Crippen LogP contribution >= 0.6 is 11.6 Å². The van der Waals surface area contributed by atoms with Crippen molar-refractivity contribution >= 4 is 34.2 Å². The molecule has 1 fully saturated rings. The molecule has 1 amide bonds. The van der Waals surface area contributed by atoms with E-state index in [2.05, 4.69) is 17.9 Å². The van der Waals surface area contributed by atoms with Crippen LogP contribution in [0.5, 0.6) is 0 Å². The van der Waals surface area contributed by atoms with Crippen molar-refractivity contribution in [1.82, 2.24) is 9.88 Å². The molecule has 0 saturated carbocycles. The van der Waals surface area contributed by atoms with Gasteiger partial charge in [0, 0.05) is 36.6 Å². The van der Waals surface area contributed by atoms with Crippen LogP contribution in [0, 0.1) is 6.92 Å². The number of piperazine rings is 1. The Morgan fingerprint density at radius 2 is 2.00 bits per heavy atom. The molecule has 1 aromatic heterocycles. The Morgan fingerprint density at radius 3 is 2.68 bits per heavy atom. The van der Waals surface area contributed by atoms with Crippen LogP contribution in [0.3, 0.4) is 0 Å². The summed E-state index contributed by atoms with van der Waals surface area (Å²) in [4.78, 5) is 20.1. The lowest BCUT2D eigenvalue weighted by Gasteiger charge is -2.35. The Morgan fingerprint density at radius 1 is 1.27 bits per heavy atom. The summed E-state index contributed by atoms with van der Waals surface area (Å²) in [5.74, 6) is 0.709. The second kappa shape index (κ2) is 6.10. The minimum atomic E-state index is -0.423. The van der Waals surface area contributed by atoms with E-state index in [9.17, 15) is 4.79 Å². The summed E-state index contributed by atoms with van der Waals surface area (Å²) in [5, 5.41) is 10.7. The number of rotatable bonds is 2. The number of aliphatic hydroxyl groups excluding tert-OH is 1. The van der Waals surface area contributed by atoms with Gasteiger partial charge >= 0.3 is 0 Å². The van der Waals surface area contributed by atoms with E-state index in [-0.39, 0.29) is 5.91 Å². The zero-order chi connectivity index (χ0) is 15.7. The zero-order valence-corrected chi connectivity index (χ0v) is 13.2. The van der Waals surface area contributed by atoms with Crippen LogP contribution in [0.1, 0.15) is 5.56 Å². The summed E-state index contributed by atoms with van der Waals surface area (Å²) in [6, 6.07) is 7.76. The maximum absolute atomic E-state index is 11.5. The van der Waals surface area contributed by atoms with Gasteiger partial charge in [-0.3, -0.25) is 4.79 Å². The lowest BCUT2D eigenvalue weighted by Crippen LogP contribution is -2.49. The summed E-state index contributed by atoms with van der Waals surface area (Å²) < 4.78 is 0. The van der Waals surface area contributed by atoms with E-state index in [1.54, 1.807) is 4.90 Å². The third-order valence-corrected chi connectivity index (χ3v) is 4.29. The summed E-state index contributed by atoms with van der Waals surface area (Å²) >= 11 is 6.04. The summed E-state index contributed by atoms with van der Waals surface area (Å²) in [5.41, 5.74) is 2.06. The molecule has 1 N–H and O–H groups in total. The highest BCUT2D eigenvalue weighted by Crippen LogP contribution is 2.25. The molecule has 0 aliphatic carbocycles. The smallest absolute Gasteiger partial charge is 0.248 e. The second-order valence-electron chi connectivity index (χ2n) is 5.48. The van der Waals surface area contributed by atoms with Crippen molar-refractivity contribution in [2.75, 3.05) is 37.7 Å². The molecule has 0 atom stereocenters. The second-order valence-corrected chi connectivity index (χ2v) is 5.92. The average Bonchev–Trinajstić information content (AvgIpc) is 2.55. The minimum Gasteiger partial charge on any atom is -0.387 e. The quantitative estimate of drug-likeness (QED) is 0.917. The van der Waals surface area contributed by atoms with Crippen LogP contribution in [-0.4, -0.2) is 53.7 Å². The van der Waals surface area contributed by atoms with Crippen LogP contribution in [0.2, 0.25) is 5.02 Å². The highest BCUT2D eigenvalue weighted by atomic mass is 35.5. The van der Waals surface area contributed by atoms with Crippen molar-refractivity contribution < 1.29 is 9.90 Å². The molecular weight excluding hydrogens is 302 g/mol. The van der Waals surface area contributed by atoms with Gasteiger partial charge in [-0.05, 0) is 36.8 Å². The molecule has 1 aromatic carbocycles. The fourth-order valence-corrected chi connectivity index (χ4v) is 2.97. The first-order valence-electron chi connectivity index (χ1n) is 7.29. The molecule has 1 aliphatic rings. The predicted octanol–water partition coefficient (Wildman–Crippen LogP) is 1.84. The largest absolute Gasteiger partial charge is 0.387 e. The van der Waals surface area contributed by atoms with Crippen LogP contribution in [0.15, 0.2) is 24.3 Å². The van der Waals surface area contributed by atoms with Crippen molar-refractivity contribution in [1.29, 1.82) is 0 Å². The first kappa shape index (κ1) is 15.1. The third kappa shape index (κ3) is 2.87. The Kier molecular flexibility index (Phi) is 4.18. The normalized spacial score (nSPS) is 15.4. The summed E-state index contributed by atoms with van der Waals surface area (Å²) in [6.45, 7) is 4.29. The SMILES string of the molecule is Cc1cc(N2CCN(C(=O)CO)CC2)nc2ccc(Cl)cc12. The lowest BCUT2D eigenvalue weighted by molar-refractivity contribution is -0.134. The van der Waals surface area contributed by atoms with Crippen molar-refractivity contribution in [2.45, 2.75) is 6.92 Å². The van der Waals surface area contributed by atoms with Gasteiger partial charge in [-0.2, -0.15) is 0 Å². The first-order chi connectivity index (χ1) is 10.6. The number of pyridine rings is 1. The molecule has 2 heterocycles. The van der Waals surface area contributed by atoms with Crippen LogP contribution in [-0.2, 0) is 4.79 Å².